The van der Waals surface area contributed by atoms with Crippen molar-refractivity contribution in [2.75, 3.05) is 12.3 Å². The lowest BCUT2D eigenvalue weighted by molar-refractivity contribution is 0.350. The molecule has 19 heavy (non-hydrogen) atoms. The largest absolute Gasteiger partial charge is 0.453 e. The first-order chi connectivity index (χ1) is 9.22. The van der Waals surface area contributed by atoms with Crippen molar-refractivity contribution in [1.29, 1.82) is 0 Å². The van der Waals surface area contributed by atoms with Crippen molar-refractivity contribution in [3.8, 4) is 23.3 Å². The standard InChI is InChI=1S/C14H11FN2O2/c15-11-5-1-2-6-13(11)19-12-7-8-17-14(16)10(12)4-3-9-18/h1-2,5-8,18H,9H2,(H2,16,17). The highest BCUT2D eigenvalue weighted by Gasteiger charge is 2.09. The number of anilines is 1. The van der Waals surface area contributed by atoms with E-state index in [1.54, 1.807) is 12.1 Å². The first-order valence-electron chi connectivity index (χ1n) is 5.49. The van der Waals surface area contributed by atoms with Gasteiger partial charge < -0.3 is 15.6 Å². The minimum atomic E-state index is -0.487. The van der Waals surface area contributed by atoms with E-state index in [9.17, 15) is 4.39 Å². The molecule has 0 spiro atoms. The molecule has 0 bridgehead atoms. The van der Waals surface area contributed by atoms with Crippen LogP contribution in [-0.4, -0.2) is 16.7 Å². The molecule has 1 heterocycles. The number of nitrogen functional groups attached to an aromatic ring is 1. The molecular formula is C14H11FN2O2. The van der Waals surface area contributed by atoms with Gasteiger partial charge in [-0.05, 0) is 12.1 Å². The molecular weight excluding hydrogens is 247 g/mol. The second-order valence-corrected chi connectivity index (χ2v) is 3.56. The maximum absolute atomic E-state index is 13.5. The molecule has 3 N–H and O–H groups in total. The lowest BCUT2D eigenvalue weighted by Gasteiger charge is -2.09. The summed E-state index contributed by atoms with van der Waals surface area (Å²) in [5.74, 6) is 5.13. The highest BCUT2D eigenvalue weighted by atomic mass is 19.1. The fourth-order valence-corrected chi connectivity index (χ4v) is 1.44. The predicted octanol–water partition coefficient (Wildman–Crippen LogP) is 1.94. The molecule has 1 aromatic carbocycles. The Balaban J connectivity index is 2.40. The summed E-state index contributed by atoms with van der Waals surface area (Å²) in [5, 5.41) is 8.71. The third kappa shape index (κ3) is 3.00. The van der Waals surface area contributed by atoms with Gasteiger partial charge in [0.1, 0.15) is 23.7 Å². The molecule has 0 aliphatic heterocycles. The Hall–Kier alpha value is -2.58. The highest BCUT2D eigenvalue weighted by Crippen LogP contribution is 2.28. The summed E-state index contributed by atoms with van der Waals surface area (Å²) < 4.78 is 19.0. The maximum atomic E-state index is 13.5. The molecule has 1 aromatic heterocycles. The summed E-state index contributed by atoms with van der Waals surface area (Å²) in [4.78, 5) is 3.88. The van der Waals surface area contributed by atoms with Crippen LogP contribution in [0.2, 0.25) is 0 Å². The summed E-state index contributed by atoms with van der Waals surface area (Å²) >= 11 is 0. The number of benzene rings is 1. The average molecular weight is 258 g/mol. The van der Waals surface area contributed by atoms with Gasteiger partial charge in [-0.2, -0.15) is 0 Å². The molecule has 0 saturated heterocycles. The van der Waals surface area contributed by atoms with E-state index in [2.05, 4.69) is 16.8 Å². The van der Waals surface area contributed by atoms with E-state index < -0.39 is 5.82 Å². The van der Waals surface area contributed by atoms with Gasteiger partial charge in [0.05, 0.1) is 0 Å². The zero-order chi connectivity index (χ0) is 13.7. The second-order valence-electron chi connectivity index (χ2n) is 3.56. The number of hydrogen-bond acceptors (Lipinski definition) is 4. The van der Waals surface area contributed by atoms with E-state index >= 15 is 0 Å². The second kappa shape index (κ2) is 5.85. The number of aromatic nitrogens is 1. The van der Waals surface area contributed by atoms with Gasteiger partial charge in [-0.15, -0.1) is 0 Å². The van der Waals surface area contributed by atoms with Gasteiger partial charge in [-0.3, -0.25) is 0 Å². The third-order valence-corrected chi connectivity index (χ3v) is 2.29. The Bertz CT molecular complexity index is 647. The van der Waals surface area contributed by atoms with Crippen LogP contribution in [0.5, 0.6) is 11.5 Å². The molecule has 0 saturated carbocycles. The number of nitrogens with two attached hydrogens (primary N) is 1. The number of para-hydroxylation sites is 1. The van der Waals surface area contributed by atoms with Crippen molar-refractivity contribution < 1.29 is 14.2 Å². The zero-order valence-corrected chi connectivity index (χ0v) is 9.93. The molecule has 5 heteroatoms. The molecule has 0 unspecified atom stereocenters. The summed E-state index contributed by atoms with van der Waals surface area (Å²) in [6, 6.07) is 7.54. The number of hydrogen-bond donors (Lipinski definition) is 2. The predicted molar refractivity (Wildman–Crippen MR) is 69.1 cm³/mol. The van der Waals surface area contributed by atoms with E-state index in [4.69, 9.17) is 15.6 Å². The number of rotatable bonds is 2. The van der Waals surface area contributed by atoms with Gasteiger partial charge in [0, 0.05) is 12.3 Å². The first-order valence-corrected chi connectivity index (χ1v) is 5.49. The quantitative estimate of drug-likeness (QED) is 0.808. The SMILES string of the molecule is Nc1nccc(Oc2ccccc2F)c1C#CCO. The normalized spacial score (nSPS) is 9.58. The van der Waals surface area contributed by atoms with Crippen LogP contribution < -0.4 is 10.5 Å². The molecule has 0 aliphatic carbocycles. The summed E-state index contributed by atoms with van der Waals surface area (Å²) in [7, 11) is 0. The van der Waals surface area contributed by atoms with Crippen molar-refractivity contribution in [1.82, 2.24) is 4.98 Å². The maximum Gasteiger partial charge on any atom is 0.165 e. The van der Waals surface area contributed by atoms with Gasteiger partial charge in [0.15, 0.2) is 11.6 Å². The fraction of sp³-hybridized carbons (Fsp3) is 0.0714. The van der Waals surface area contributed by atoms with Crippen LogP contribution in [0.4, 0.5) is 10.2 Å². The van der Waals surface area contributed by atoms with E-state index in [-0.39, 0.29) is 18.2 Å². The number of nitrogens with zero attached hydrogens (tertiary/aromatic N) is 1. The summed E-state index contributed by atoms with van der Waals surface area (Å²) in [6.07, 6.45) is 1.44. The number of ether oxygens (including phenoxy) is 1. The van der Waals surface area contributed by atoms with E-state index in [0.717, 1.165) is 0 Å². The van der Waals surface area contributed by atoms with E-state index in [0.29, 0.717) is 11.3 Å². The van der Waals surface area contributed by atoms with Crippen LogP contribution in [0, 0.1) is 17.7 Å². The molecule has 0 atom stereocenters. The zero-order valence-electron chi connectivity index (χ0n) is 9.93. The minimum absolute atomic E-state index is 0.0696. The lowest BCUT2D eigenvalue weighted by atomic mass is 10.2. The molecule has 0 amide bonds. The smallest absolute Gasteiger partial charge is 0.165 e. The first kappa shape index (κ1) is 12.9. The number of aliphatic hydroxyl groups is 1. The van der Waals surface area contributed by atoms with Crippen LogP contribution >= 0.6 is 0 Å². The number of halogens is 1. The number of pyridine rings is 1. The van der Waals surface area contributed by atoms with Gasteiger partial charge in [0.25, 0.3) is 0 Å². The van der Waals surface area contributed by atoms with E-state index in [1.165, 1.54) is 24.4 Å². The van der Waals surface area contributed by atoms with Crippen molar-refractivity contribution in [2.24, 2.45) is 0 Å². The molecule has 0 fully saturated rings. The van der Waals surface area contributed by atoms with Crippen LogP contribution in [-0.2, 0) is 0 Å². The van der Waals surface area contributed by atoms with Gasteiger partial charge >= 0.3 is 0 Å². The van der Waals surface area contributed by atoms with Gasteiger partial charge in [0.2, 0.25) is 0 Å². The van der Waals surface area contributed by atoms with Crippen LogP contribution in [0.25, 0.3) is 0 Å². The minimum Gasteiger partial charge on any atom is -0.453 e. The summed E-state index contributed by atoms with van der Waals surface area (Å²) in [6.45, 7) is -0.312. The van der Waals surface area contributed by atoms with Gasteiger partial charge in [-0.1, -0.05) is 24.0 Å². The van der Waals surface area contributed by atoms with Gasteiger partial charge in [-0.25, -0.2) is 9.37 Å². The Labute approximate surface area is 109 Å². The molecule has 0 radical (unpaired) electrons. The van der Waals surface area contributed by atoms with Crippen LogP contribution in [0.1, 0.15) is 5.56 Å². The Kier molecular flexibility index (Phi) is 3.96. The molecule has 96 valence electrons. The topological polar surface area (TPSA) is 68.4 Å². The molecule has 2 rings (SSSR count). The lowest BCUT2D eigenvalue weighted by Crippen LogP contribution is -1.98. The number of aliphatic hydroxyl groups excluding tert-OH is 1. The van der Waals surface area contributed by atoms with Crippen LogP contribution in [0.3, 0.4) is 0 Å². The summed E-state index contributed by atoms with van der Waals surface area (Å²) in [5.41, 5.74) is 6.00. The molecule has 0 aliphatic rings. The Morgan fingerprint density at radius 3 is 2.79 bits per heavy atom. The van der Waals surface area contributed by atoms with Crippen molar-refractivity contribution in [3.63, 3.8) is 0 Å². The molecule has 4 nitrogen and oxygen atoms in total. The van der Waals surface area contributed by atoms with Crippen LogP contribution in [0.15, 0.2) is 36.5 Å². The van der Waals surface area contributed by atoms with Crippen molar-refractivity contribution in [3.05, 3.63) is 47.9 Å². The Morgan fingerprint density at radius 2 is 2.05 bits per heavy atom. The average Bonchev–Trinajstić information content (AvgIpc) is 2.41. The van der Waals surface area contributed by atoms with Crippen molar-refractivity contribution >= 4 is 5.82 Å². The third-order valence-electron chi connectivity index (χ3n) is 2.29. The Morgan fingerprint density at radius 1 is 1.26 bits per heavy atom. The fourth-order valence-electron chi connectivity index (χ4n) is 1.44. The van der Waals surface area contributed by atoms with Crippen molar-refractivity contribution in [2.45, 2.75) is 0 Å². The highest BCUT2D eigenvalue weighted by molar-refractivity contribution is 5.59. The van der Waals surface area contributed by atoms with E-state index in [1.807, 2.05) is 0 Å². The molecule has 2 aromatic rings. The monoisotopic (exact) mass is 258 g/mol.